The number of benzene rings is 1. The molecule has 0 aliphatic carbocycles. The Kier molecular flexibility index (Phi) is 3.61. The van der Waals surface area contributed by atoms with Gasteiger partial charge >= 0.3 is 0 Å². The molecule has 1 saturated heterocycles. The molecule has 1 fully saturated rings. The van der Waals surface area contributed by atoms with Gasteiger partial charge in [0.2, 0.25) is 6.41 Å². The van der Waals surface area contributed by atoms with Crippen molar-refractivity contribution in [1.82, 2.24) is 0 Å². The molecule has 1 aromatic rings. The maximum absolute atomic E-state index is 10.6. The minimum atomic E-state index is 0.565. The van der Waals surface area contributed by atoms with E-state index in [1.807, 2.05) is 6.07 Å². The van der Waals surface area contributed by atoms with Gasteiger partial charge in [0, 0.05) is 13.1 Å². The number of carbonyl (C=O) groups is 1. The van der Waals surface area contributed by atoms with Crippen molar-refractivity contribution in [2.45, 2.75) is 19.3 Å². The van der Waals surface area contributed by atoms with Crippen LogP contribution in [0.3, 0.4) is 0 Å². The fourth-order valence-corrected chi connectivity index (χ4v) is 2.20. The molecule has 4 nitrogen and oxygen atoms in total. The molecule has 1 aliphatic rings. The zero-order valence-electron chi connectivity index (χ0n) is 9.65. The van der Waals surface area contributed by atoms with Crippen molar-refractivity contribution in [2.75, 3.05) is 23.3 Å². The summed E-state index contributed by atoms with van der Waals surface area (Å²) in [5.41, 5.74) is 2.30. The summed E-state index contributed by atoms with van der Waals surface area (Å²) in [4.78, 5) is 12.9. The van der Waals surface area contributed by atoms with E-state index in [1.54, 1.807) is 12.1 Å². The lowest BCUT2D eigenvalue weighted by molar-refractivity contribution is -0.105. The minimum absolute atomic E-state index is 0.565. The predicted octanol–water partition coefficient (Wildman–Crippen LogP) is 2.12. The Morgan fingerprint density at radius 3 is 2.71 bits per heavy atom. The number of rotatable bonds is 3. The largest absolute Gasteiger partial charge is 0.370 e. The van der Waals surface area contributed by atoms with Crippen molar-refractivity contribution in [2.24, 2.45) is 0 Å². The quantitative estimate of drug-likeness (QED) is 0.808. The lowest BCUT2D eigenvalue weighted by atomic mass is 10.1. The van der Waals surface area contributed by atoms with Gasteiger partial charge in [0.05, 0.1) is 23.0 Å². The normalized spacial score (nSPS) is 15.1. The average molecular weight is 229 g/mol. The summed E-state index contributed by atoms with van der Waals surface area (Å²) < 4.78 is 0. The van der Waals surface area contributed by atoms with Crippen molar-refractivity contribution < 1.29 is 4.79 Å². The Hall–Kier alpha value is -2.02. The van der Waals surface area contributed by atoms with E-state index >= 15 is 0 Å². The van der Waals surface area contributed by atoms with Crippen LogP contribution in [0, 0.1) is 11.3 Å². The molecule has 4 heteroatoms. The third kappa shape index (κ3) is 2.56. The van der Waals surface area contributed by atoms with Crippen LogP contribution < -0.4 is 10.2 Å². The van der Waals surface area contributed by atoms with Gasteiger partial charge < -0.3 is 10.2 Å². The van der Waals surface area contributed by atoms with Gasteiger partial charge in [-0.05, 0) is 37.5 Å². The van der Waals surface area contributed by atoms with E-state index in [0.29, 0.717) is 12.0 Å². The fraction of sp³-hybridized carbons (Fsp3) is 0.385. The van der Waals surface area contributed by atoms with Gasteiger partial charge in [-0.2, -0.15) is 5.26 Å². The van der Waals surface area contributed by atoms with E-state index < -0.39 is 0 Å². The first-order valence-corrected chi connectivity index (χ1v) is 5.84. The van der Waals surface area contributed by atoms with E-state index in [4.69, 9.17) is 5.26 Å². The molecular weight excluding hydrogens is 214 g/mol. The van der Waals surface area contributed by atoms with Gasteiger partial charge in [0.25, 0.3) is 0 Å². The first-order chi connectivity index (χ1) is 8.35. The number of hydrogen-bond donors (Lipinski definition) is 1. The van der Waals surface area contributed by atoms with E-state index in [-0.39, 0.29) is 0 Å². The lowest BCUT2D eigenvalue weighted by Crippen LogP contribution is -2.30. The molecule has 2 rings (SSSR count). The summed E-state index contributed by atoms with van der Waals surface area (Å²) in [5, 5.41) is 11.5. The molecule has 0 atom stereocenters. The summed E-state index contributed by atoms with van der Waals surface area (Å²) in [5.74, 6) is 0. The molecular formula is C13H15N3O. The first kappa shape index (κ1) is 11.5. The molecule has 1 heterocycles. The number of hydrogen-bond acceptors (Lipinski definition) is 3. The molecule has 17 heavy (non-hydrogen) atoms. The third-order valence-corrected chi connectivity index (χ3v) is 3.04. The lowest BCUT2D eigenvalue weighted by Gasteiger charge is -2.30. The van der Waals surface area contributed by atoms with Gasteiger partial charge in [-0.15, -0.1) is 0 Å². The predicted molar refractivity (Wildman–Crippen MR) is 66.9 cm³/mol. The standard InChI is InChI=1S/C13H15N3O/c14-9-11-4-5-13(12(8-11)15-10-17)16-6-2-1-3-7-16/h4-5,8,10H,1-3,6-7H2,(H,15,17). The maximum atomic E-state index is 10.6. The number of nitrogens with zero attached hydrogens (tertiary/aromatic N) is 2. The second-order valence-electron chi connectivity index (χ2n) is 4.15. The number of amides is 1. The Morgan fingerprint density at radius 1 is 1.29 bits per heavy atom. The molecule has 0 bridgehead atoms. The molecule has 88 valence electrons. The third-order valence-electron chi connectivity index (χ3n) is 3.04. The Labute approximate surface area is 101 Å². The highest BCUT2D eigenvalue weighted by molar-refractivity contribution is 5.82. The molecule has 1 amide bonds. The van der Waals surface area contributed by atoms with Crippen LogP contribution in [0.4, 0.5) is 11.4 Å². The van der Waals surface area contributed by atoms with Crippen molar-refractivity contribution in [3.63, 3.8) is 0 Å². The Bertz CT molecular complexity index is 444. The van der Waals surface area contributed by atoms with Crippen LogP contribution in [0.5, 0.6) is 0 Å². The molecule has 0 aromatic heterocycles. The fourth-order valence-electron chi connectivity index (χ4n) is 2.20. The number of nitriles is 1. The Balaban J connectivity index is 2.31. The van der Waals surface area contributed by atoms with Crippen molar-refractivity contribution >= 4 is 17.8 Å². The second-order valence-corrected chi connectivity index (χ2v) is 4.15. The van der Waals surface area contributed by atoms with Crippen molar-refractivity contribution in [3.8, 4) is 6.07 Å². The van der Waals surface area contributed by atoms with Crippen LogP contribution in [0.15, 0.2) is 18.2 Å². The van der Waals surface area contributed by atoms with E-state index in [0.717, 1.165) is 24.5 Å². The van der Waals surface area contributed by atoms with Crippen molar-refractivity contribution in [1.29, 1.82) is 5.26 Å². The first-order valence-electron chi connectivity index (χ1n) is 5.84. The summed E-state index contributed by atoms with van der Waals surface area (Å²) in [6.07, 6.45) is 4.29. The molecule has 0 radical (unpaired) electrons. The van der Waals surface area contributed by atoms with Gasteiger partial charge in [0.1, 0.15) is 0 Å². The molecule has 0 saturated carbocycles. The molecule has 0 unspecified atom stereocenters. The highest BCUT2D eigenvalue weighted by Crippen LogP contribution is 2.29. The van der Waals surface area contributed by atoms with Crippen molar-refractivity contribution in [3.05, 3.63) is 23.8 Å². The van der Waals surface area contributed by atoms with Crippen LogP contribution in [-0.2, 0) is 4.79 Å². The van der Waals surface area contributed by atoms with Gasteiger partial charge in [-0.1, -0.05) is 0 Å². The van der Waals surface area contributed by atoms with Gasteiger partial charge in [-0.25, -0.2) is 0 Å². The van der Waals surface area contributed by atoms with Crippen LogP contribution in [0.2, 0.25) is 0 Å². The number of nitrogens with one attached hydrogen (secondary N) is 1. The van der Waals surface area contributed by atoms with E-state index in [1.165, 1.54) is 19.3 Å². The SMILES string of the molecule is N#Cc1ccc(N2CCCCC2)c(NC=O)c1. The number of piperidine rings is 1. The van der Waals surface area contributed by atoms with Gasteiger partial charge in [-0.3, -0.25) is 4.79 Å². The summed E-state index contributed by atoms with van der Waals surface area (Å²) in [6.45, 7) is 2.03. The highest BCUT2D eigenvalue weighted by atomic mass is 16.1. The summed E-state index contributed by atoms with van der Waals surface area (Å²) in [7, 11) is 0. The maximum Gasteiger partial charge on any atom is 0.211 e. The highest BCUT2D eigenvalue weighted by Gasteiger charge is 2.14. The van der Waals surface area contributed by atoms with Crippen LogP contribution in [0.25, 0.3) is 0 Å². The Morgan fingerprint density at radius 2 is 2.06 bits per heavy atom. The number of anilines is 2. The number of carbonyl (C=O) groups excluding carboxylic acids is 1. The topological polar surface area (TPSA) is 56.1 Å². The van der Waals surface area contributed by atoms with Crippen LogP contribution in [-0.4, -0.2) is 19.5 Å². The average Bonchev–Trinajstić information content (AvgIpc) is 2.40. The smallest absolute Gasteiger partial charge is 0.211 e. The van der Waals surface area contributed by atoms with Gasteiger partial charge in [0.15, 0.2) is 0 Å². The summed E-state index contributed by atoms with van der Waals surface area (Å²) >= 11 is 0. The van der Waals surface area contributed by atoms with Crippen LogP contribution >= 0.6 is 0 Å². The molecule has 1 aliphatic heterocycles. The minimum Gasteiger partial charge on any atom is -0.370 e. The molecule has 1 N–H and O–H groups in total. The van der Waals surface area contributed by atoms with Crippen LogP contribution in [0.1, 0.15) is 24.8 Å². The van der Waals surface area contributed by atoms with E-state index in [2.05, 4.69) is 16.3 Å². The molecule has 0 spiro atoms. The van der Waals surface area contributed by atoms with E-state index in [9.17, 15) is 4.79 Å². The second kappa shape index (κ2) is 5.35. The zero-order valence-corrected chi connectivity index (χ0v) is 9.65. The summed E-state index contributed by atoms with van der Waals surface area (Å²) in [6, 6.07) is 7.51. The molecule has 1 aromatic carbocycles. The zero-order chi connectivity index (χ0) is 12.1. The monoisotopic (exact) mass is 229 g/mol.